The number of carbonyl (C=O) groups is 2. The Morgan fingerprint density at radius 1 is 0.742 bits per heavy atom. The third-order valence-electron chi connectivity index (χ3n) is 4.27. The van der Waals surface area contributed by atoms with Crippen molar-refractivity contribution in [3.63, 3.8) is 0 Å². The lowest BCUT2D eigenvalue weighted by atomic mass is 9.81. The minimum Gasteiger partial charge on any atom is -0.465 e. The van der Waals surface area contributed by atoms with Crippen LogP contribution >= 0.6 is 0 Å². The molecule has 0 radical (unpaired) electrons. The van der Waals surface area contributed by atoms with E-state index in [0.717, 1.165) is 0 Å². The van der Waals surface area contributed by atoms with E-state index in [1.165, 1.54) is 48.5 Å². The summed E-state index contributed by atoms with van der Waals surface area (Å²) in [6.07, 6.45) is -0.389. The summed E-state index contributed by atoms with van der Waals surface area (Å²) in [7, 11) is 0. The highest BCUT2D eigenvalue weighted by molar-refractivity contribution is 6.00. The van der Waals surface area contributed by atoms with E-state index in [0.29, 0.717) is 11.1 Å². The summed E-state index contributed by atoms with van der Waals surface area (Å²) in [5.74, 6) is 8.88. The van der Waals surface area contributed by atoms with Gasteiger partial charge in [-0.15, -0.1) is 0 Å². The molecule has 0 aromatic heterocycles. The first-order valence-corrected chi connectivity index (χ1v) is 9.74. The van der Waals surface area contributed by atoms with Crippen molar-refractivity contribution in [2.45, 2.75) is 26.7 Å². The predicted octanol–water partition coefficient (Wildman–Crippen LogP) is 4.26. The SMILES string of the molecule is CCOC(=O)C(CC#Cc1ccc(F)cc1)(CC#Cc1ccc(F)cc1)C(=O)OCC. The lowest BCUT2D eigenvalue weighted by molar-refractivity contribution is -0.171. The van der Waals surface area contributed by atoms with E-state index in [4.69, 9.17) is 9.47 Å². The second kappa shape index (κ2) is 11.5. The Balaban J connectivity index is 2.37. The van der Waals surface area contributed by atoms with Gasteiger partial charge in [0, 0.05) is 24.0 Å². The van der Waals surface area contributed by atoms with Crippen LogP contribution in [0.25, 0.3) is 0 Å². The van der Waals surface area contributed by atoms with Crippen molar-refractivity contribution in [2.75, 3.05) is 13.2 Å². The summed E-state index contributed by atoms with van der Waals surface area (Å²) < 4.78 is 36.4. The van der Waals surface area contributed by atoms with Gasteiger partial charge in [-0.3, -0.25) is 9.59 Å². The van der Waals surface area contributed by atoms with Gasteiger partial charge in [-0.2, -0.15) is 0 Å². The molecule has 0 aliphatic rings. The molecule has 0 unspecified atom stereocenters. The molecule has 0 saturated carbocycles. The number of hydrogen-bond acceptors (Lipinski definition) is 4. The Morgan fingerprint density at radius 3 is 1.42 bits per heavy atom. The molecule has 0 heterocycles. The number of rotatable bonds is 6. The predicted molar refractivity (Wildman–Crippen MR) is 111 cm³/mol. The smallest absolute Gasteiger partial charge is 0.325 e. The minimum atomic E-state index is -1.74. The van der Waals surface area contributed by atoms with Crippen molar-refractivity contribution in [1.29, 1.82) is 0 Å². The van der Waals surface area contributed by atoms with Crippen molar-refractivity contribution in [2.24, 2.45) is 5.41 Å². The Hall–Kier alpha value is -3.64. The molecule has 4 nitrogen and oxygen atoms in total. The van der Waals surface area contributed by atoms with E-state index in [2.05, 4.69) is 23.7 Å². The Labute approximate surface area is 180 Å². The summed E-state index contributed by atoms with van der Waals surface area (Å²) in [5, 5.41) is 0. The summed E-state index contributed by atoms with van der Waals surface area (Å²) >= 11 is 0. The molecule has 2 aromatic rings. The zero-order valence-corrected chi connectivity index (χ0v) is 17.3. The molecule has 2 aromatic carbocycles. The molecular weight excluding hydrogens is 402 g/mol. The lowest BCUT2D eigenvalue weighted by Gasteiger charge is -2.25. The van der Waals surface area contributed by atoms with Crippen molar-refractivity contribution < 1.29 is 27.8 Å². The summed E-state index contributed by atoms with van der Waals surface area (Å²) in [6, 6.07) is 11.0. The van der Waals surface area contributed by atoms with Gasteiger partial charge in [-0.05, 0) is 62.4 Å². The highest BCUT2D eigenvalue weighted by Gasteiger charge is 2.48. The maximum atomic E-state index is 13.1. The molecule has 0 spiro atoms. The molecule has 6 heteroatoms. The Bertz CT molecular complexity index is 934. The van der Waals surface area contributed by atoms with Gasteiger partial charge in [0.1, 0.15) is 11.6 Å². The third-order valence-corrected chi connectivity index (χ3v) is 4.27. The second-order valence-corrected chi connectivity index (χ2v) is 6.49. The molecule has 160 valence electrons. The molecule has 0 N–H and O–H groups in total. The van der Waals surface area contributed by atoms with Crippen LogP contribution in [0.1, 0.15) is 37.8 Å². The number of halogens is 2. The normalized spacial score (nSPS) is 10.2. The standard InChI is InChI=1S/C25H22F2O4/c1-3-30-23(28)25(24(29)31-4-2,17-5-7-19-9-13-21(26)14-10-19)18-6-8-20-11-15-22(27)16-12-20/h9-16H,3-4,17-18H2,1-2H3. The molecule has 2 rings (SSSR count). The molecule has 31 heavy (non-hydrogen) atoms. The fourth-order valence-electron chi connectivity index (χ4n) is 2.63. The zero-order valence-electron chi connectivity index (χ0n) is 17.3. The van der Waals surface area contributed by atoms with E-state index in [9.17, 15) is 18.4 Å². The maximum Gasteiger partial charge on any atom is 0.325 e. The first-order valence-electron chi connectivity index (χ1n) is 9.74. The van der Waals surface area contributed by atoms with Gasteiger partial charge < -0.3 is 9.47 Å². The lowest BCUT2D eigenvalue weighted by Crippen LogP contribution is -2.41. The van der Waals surface area contributed by atoms with E-state index < -0.39 is 29.0 Å². The van der Waals surface area contributed by atoms with Crippen molar-refractivity contribution in [3.8, 4) is 23.7 Å². The fraction of sp³-hybridized carbons (Fsp3) is 0.280. The first kappa shape index (κ1) is 23.6. The first-order chi connectivity index (χ1) is 14.9. The average molecular weight is 424 g/mol. The fourth-order valence-corrected chi connectivity index (χ4v) is 2.63. The number of hydrogen-bond donors (Lipinski definition) is 0. The molecule has 0 atom stereocenters. The van der Waals surface area contributed by atoms with Crippen LogP contribution < -0.4 is 0 Å². The molecule has 0 bridgehead atoms. The van der Waals surface area contributed by atoms with Crippen LogP contribution in [0.15, 0.2) is 48.5 Å². The summed E-state index contributed by atoms with van der Waals surface area (Å²) in [5.41, 5.74) is -0.688. The van der Waals surface area contributed by atoms with Gasteiger partial charge in [0.05, 0.1) is 13.2 Å². The number of ether oxygens (including phenoxy) is 2. The van der Waals surface area contributed by atoms with Crippen molar-refractivity contribution in [1.82, 2.24) is 0 Å². The van der Waals surface area contributed by atoms with Crippen molar-refractivity contribution >= 4 is 11.9 Å². The highest BCUT2D eigenvalue weighted by Crippen LogP contribution is 2.30. The van der Waals surface area contributed by atoms with Crippen LogP contribution in [-0.2, 0) is 19.1 Å². The molecular formula is C25H22F2O4. The quantitative estimate of drug-likeness (QED) is 0.395. The summed E-state index contributed by atoms with van der Waals surface area (Å²) in [4.78, 5) is 25.6. The van der Waals surface area contributed by atoms with E-state index >= 15 is 0 Å². The number of esters is 2. The van der Waals surface area contributed by atoms with Crippen LogP contribution in [-0.4, -0.2) is 25.2 Å². The van der Waals surface area contributed by atoms with Gasteiger partial charge in [0.15, 0.2) is 5.41 Å². The van der Waals surface area contributed by atoms with Gasteiger partial charge in [-0.1, -0.05) is 23.7 Å². The van der Waals surface area contributed by atoms with Crippen molar-refractivity contribution in [3.05, 3.63) is 71.3 Å². The topological polar surface area (TPSA) is 52.6 Å². The van der Waals surface area contributed by atoms with Gasteiger partial charge in [0.2, 0.25) is 0 Å². The van der Waals surface area contributed by atoms with Crippen LogP contribution in [0.2, 0.25) is 0 Å². The van der Waals surface area contributed by atoms with Gasteiger partial charge in [-0.25, -0.2) is 8.78 Å². The largest absolute Gasteiger partial charge is 0.465 e. The monoisotopic (exact) mass is 424 g/mol. The Morgan fingerprint density at radius 2 is 1.10 bits per heavy atom. The van der Waals surface area contributed by atoms with Crippen LogP contribution in [0.5, 0.6) is 0 Å². The highest BCUT2D eigenvalue weighted by atomic mass is 19.1. The number of carbonyl (C=O) groups excluding carboxylic acids is 2. The average Bonchev–Trinajstić information content (AvgIpc) is 2.75. The van der Waals surface area contributed by atoms with Crippen LogP contribution in [0.3, 0.4) is 0 Å². The molecule has 0 aliphatic heterocycles. The van der Waals surface area contributed by atoms with Crippen LogP contribution in [0, 0.1) is 40.7 Å². The molecule has 0 fully saturated rings. The van der Waals surface area contributed by atoms with Crippen LogP contribution in [0.4, 0.5) is 8.78 Å². The van der Waals surface area contributed by atoms with E-state index in [1.54, 1.807) is 13.8 Å². The second-order valence-electron chi connectivity index (χ2n) is 6.49. The molecule has 0 aliphatic carbocycles. The minimum absolute atomic E-state index is 0.0662. The van der Waals surface area contributed by atoms with E-state index in [-0.39, 0.29) is 26.1 Å². The third kappa shape index (κ3) is 6.69. The Kier molecular flexibility index (Phi) is 8.78. The maximum absolute atomic E-state index is 13.1. The summed E-state index contributed by atoms with van der Waals surface area (Å²) in [6.45, 7) is 3.39. The number of benzene rings is 2. The zero-order chi connectivity index (χ0) is 22.7. The molecule has 0 saturated heterocycles. The van der Waals surface area contributed by atoms with E-state index in [1.807, 2.05) is 0 Å². The molecule has 0 amide bonds. The van der Waals surface area contributed by atoms with Gasteiger partial charge in [0.25, 0.3) is 0 Å². The van der Waals surface area contributed by atoms with Gasteiger partial charge >= 0.3 is 11.9 Å².